The summed E-state index contributed by atoms with van der Waals surface area (Å²) < 4.78 is 75.1. The van der Waals surface area contributed by atoms with Crippen LogP contribution >= 0.6 is 0 Å². The van der Waals surface area contributed by atoms with E-state index >= 15 is 0 Å². The quantitative estimate of drug-likeness (QED) is 0.704. The number of alkyl halides is 5. The molecule has 0 aromatic heterocycles. The van der Waals surface area contributed by atoms with Gasteiger partial charge in [0.2, 0.25) is 0 Å². The van der Waals surface area contributed by atoms with E-state index in [9.17, 15) is 26.3 Å². The van der Waals surface area contributed by atoms with Crippen molar-refractivity contribution in [2.45, 2.75) is 12.8 Å². The lowest BCUT2D eigenvalue weighted by molar-refractivity contribution is -0.274. The van der Waals surface area contributed by atoms with Gasteiger partial charge >= 0.3 is 6.36 Å². The lowest BCUT2D eigenvalue weighted by Gasteiger charge is -2.10. The third-order valence-corrected chi connectivity index (χ3v) is 1.44. The van der Waals surface area contributed by atoms with Crippen LogP contribution in [0.4, 0.5) is 26.3 Å². The third kappa shape index (κ3) is 3.34. The second-order valence-corrected chi connectivity index (χ2v) is 2.53. The Morgan fingerprint density at radius 2 is 1.73 bits per heavy atom. The monoisotopic (exact) mass is 230 g/mol. The van der Waals surface area contributed by atoms with Crippen molar-refractivity contribution < 1.29 is 31.1 Å². The molecule has 0 aliphatic rings. The van der Waals surface area contributed by atoms with Gasteiger partial charge in [0.05, 0.1) is 5.56 Å². The maximum Gasteiger partial charge on any atom is 0.573 e. The summed E-state index contributed by atoms with van der Waals surface area (Å²) in [5.41, 5.74) is -1.13. The van der Waals surface area contributed by atoms with Crippen molar-refractivity contribution in [2.75, 3.05) is 0 Å². The maximum absolute atomic E-state index is 12.6. The zero-order valence-electron chi connectivity index (χ0n) is 6.99. The molecule has 0 radical (unpaired) electrons. The van der Waals surface area contributed by atoms with E-state index in [1.807, 2.05) is 0 Å². The molecule has 0 N–H and O–H groups in total. The highest BCUT2D eigenvalue weighted by Gasteiger charge is 2.31. The van der Waals surface area contributed by atoms with Crippen molar-refractivity contribution in [3.8, 4) is 5.75 Å². The first kappa shape index (κ1) is 11.7. The summed E-state index contributed by atoms with van der Waals surface area (Å²) in [6, 6.07) is 1.42. The van der Waals surface area contributed by atoms with Crippen LogP contribution in [0.2, 0.25) is 0 Å². The van der Waals surface area contributed by atoms with Gasteiger partial charge in [-0.1, -0.05) is 0 Å². The molecule has 0 fully saturated rings. The van der Waals surface area contributed by atoms with Crippen molar-refractivity contribution in [3.63, 3.8) is 0 Å². The average molecular weight is 230 g/mol. The van der Waals surface area contributed by atoms with Crippen LogP contribution < -0.4 is 4.74 Å². The zero-order valence-corrected chi connectivity index (χ0v) is 6.99. The van der Waals surface area contributed by atoms with Crippen LogP contribution in [0.1, 0.15) is 12.0 Å². The van der Waals surface area contributed by atoms with E-state index < -0.39 is 29.9 Å². The van der Waals surface area contributed by atoms with Gasteiger partial charge in [-0.15, -0.1) is 13.2 Å². The Kier molecular flexibility index (Phi) is 3.11. The van der Waals surface area contributed by atoms with Gasteiger partial charge in [0.15, 0.2) is 0 Å². The highest BCUT2D eigenvalue weighted by atomic mass is 19.4. The summed E-state index contributed by atoms with van der Waals surface area (Å²) in [5.74, 6) is -2.15. The van der Waals surface area contributed by atoms with Gasteiger partial charge < -0.3 is 4.74 Å². The van der Waals surface area contributed by atoms with Gasteiger partial charge in [0.1, 0.15) is 11.6 Å². The largest absolute Gasteiger partial charge is 0.573 e. The Morgan fingerprint density at radius 1 is 1.13 bits per heavy atom. The molecule has 0 aliphatic heterocycles. The van der Waals surface area contributed by atoms with Crippen LogP contribution in [0, 0.1) is 5.82 Å². The molecular formula is C8H4F6O. The molecule has 0 bridgehead atoms. The Labute approximate surface area is 80.3 Å². The van der Waals surface area contributed by atoms with Crippen LogP contribution in [-0.4, -0.2) is 6.36 Å². The van der Waals surface area contributed by atoms with Crippen molar-refractivity contribution >= 4 is 0 Å². The van der Waals surface area contributed by atoms with Crippen LogP contribution in [-0.2, 0) is 0 Å². The normalized spacial score (nSPS) is 11.9. The van der Waals surface area contributed by atoms with Gasteiger partial charge in [-0.05, 0) is 18.2 Å². The van der Waals surface area contributed by atoms with E-state index in [1.165, 1.54) is 0 Å². The molecule has 1 aromatic rings. The first-order chi connectivity index (χ1) is 6.79. The van der Waals surface area contributed by atoms with Crippen LogP contribution in [0.5, 0.6) is 5.75 Å². The highest BCUT2D eigenvalue weighted by molar-refractivity contribution is 5.30. The number of rotatable bonds is 2. The lowest BCUT2D eigenvalue weighted by atomic mass is 10.2. The van der Waals surface area contributed by atoms with E-state index in [1.54, 1.807) is 0 Å². The molecule has 0 unspecified atom stereocenters. The van der Waals surface area contributed by atoms with Crippen molar-refractivity contribution in [3.05, 3.63) is 29.6 Å². The molecule has 0 atom stereocenters. The predicted molar refractivity (Wildman–Crippen MR) is 38.0 cm³/mol. The van der Waals surface area contributed by atoms with Crippen molar-refractivity contribution in [2.24, 2.45) is 0 Å². The van der Waals surface area contributed by atoms with E-state index in [0.29, 0.717) is 18.2 Å². The number of hydrogen-bond donors (Lipinski definition) is 0. The average Bonchev–Trinajstić information content (AvgIpc) is 2.05. The Morgan fingerprint density at radius 3 is 2.20 bits per heavy atom. The Bertz CT molecular complexity index is 345. The topological polar surface area (TPSA) is 9.23 Å². The van der Waals surface area contributed by atoms with Gasteiger partial charge in [-0.3, -0.25) is 0 Å². The fourth-order valence-corrected chi connectivity index (χ4v) is 0.886. The molecule has 1 rings (SSSR count). The summed E-state index contributed by atoms with van der Waals surface area (Å²) in [7, 11) is 0. The molecule has 0 aliphatic carbocycles. The molecule has 84 valence electrons. The van der Waals surface area contributed by atoms with Crippen molar-refractivity contribution in [1.82, 2.24) is 0 Å². The Balaban J connectivity index is 2.98. The maximum atomic E-state index is 12.6. The summed E-state index contributed by atoms with van der Waals surface area (Å²) >= 11 is 0. The van der Waals surface area contributed by atoms with E-state index in [2.05, 4.69) is 4.74 Å². The van der Waals surface area contributed by atoms with Crippen molar-refractivity contribution in [1.29, 1.82) is 0 Å². The van der Waals surface area contributed by atoms with E-state index in [-0.39, 0.29) is 0 Å². The molecule has 0 spiro atoms. The molecule has 0 saturated heterocycles. The number of halogens is 6. The van der Waals surface area contributed by atoms with Crippen LogP contribution in [0.3, 0.4) is 0 Å². The minimum absolute atomic E-state index is 0.313. The summed E-state index contributed by atoms with van der Waals surface area (Å²) in [6.07, 6.45) is -8.18. The lowest BCUT2D eigenvalue weighted by Crippen LogP contribution is -2.17. The fourth-order valence-electron chi connectivity index (χ4n) is 0.886. The summed E-state index contributed by atoms with van der Waals surface area (Å²) in [4.78, 5) is 0. The van der Waals surface area contributed by atoms with Gasteiger partial charge in [0.25, 0.3) is 6.43 Å². The molecule has 0 amide bonds. The van der Waals surface area contributed by atoms with Crippen LogP contribution in [0.25, 0.3) is 0 Å². The number of ether oxygens (including phenoxy) is 1. The first-order valence-corrected chi connectivity index (χ1v) is 3.63. The van der Waals surface area contributed by atoms with Crippen LogP contribution in [0.15, 0.2) is 18.2 Å². The molecule has 7 heteroatoms. The number of benzene rings is 1. The number of hydrogen-bond acceptors (Lipinski definition) is 1. The smallest absolute Gasteiger partial charge is 0.406 e. The Hall–Kier alpha value is -1.40. The minimum atomic E-state index is -4.99. The molecule has 1 nitrogen and oxygen atoms in total. The molecule has 0 heterocycles. The summed E-state index contributed by atoms with van der Waals surface area (Å²) in [6.45, 7) is 0. The van der Waals surface area contributed by atoms with E-state index in [4.69, 9.17) is 0 Å². The van der Waals surface area contributed by atoms with Gasteiger partial charge in [-0.25, -0.2) is 13.2 Å². The minimum Gasteiger partial charge on any atom is -0.406 e. The second-order valence-electron chi connectivity index (χ2n) is 2.53. The SMILES string of the molecule is Fc1ccc(OC(F)(F)F)cc1C(F)F. The summed E-state index contributed by atoms with van der Waals surface area (Å²) in [5, 5.41) is 0. The zero-order chi connectivity index (χ0) is 11.6. The first-order valence-electron chi connectivity index (χ1n) is 3.63. The molecular weight excluding hydrogens is 226 g/mol. The molecule has 1 aromatic carbocycles. The third-order valence-electron chi connectivity index (χ3n) is 1.44. The predicted octanol–water partition coefficient (Wildman–Crippen LogP) is 3.66. The molecule has 0 saturated carbocycles. The van der Waals surface area contributed by atoms with E-state index in [0.717, 1.165) is 0 Å². The standard InChI is InChI=1S/C8H4F6O/c9-6-2-1-4(15-8(12,13)14)3-5(6)7(10)11/h1-3,7H. The van der Waals surface area contributed by atoms with Gasteiger partial charge in [0, 0.05) is 0 Å². The fraction of sp³-hybridized carbons (Fsp3) is 0.250. The molecule has 15 heavy (non-hydrogen) atoms. The highest BCUT2D eigenvalue weighted by Crippen LogP contribution is 2.29. The van der Waals surface area contributed by atoms with Gasteiger partial charge in [-0.2, -0.15) is 0 Å². The second kappa shape index (κ2) is 4.00.